The van der Waals surface area contributed by atoms with Crippen molar-refractivity contribution in [3.63, 3.8) is 0 Å². The van der Waals surface area contributed by atoms with E-state index in [0.717, 1.165) is 27.8 Å². The van der Waals surface area contributed by atoms with E-state index in [9.17, 15) is 4.39 Å². The van der Waals surface area contributed by atoms with Gasteiger partial charge in [0.25, 0.3) is 0 Å². The molecule has 4 rings (SSSR count). The van der Waals surface area contributed by atoms with Crippen LogP contribution in [-0.4, -0.2) is 4.98 Å². The standard InChI is InChI=1S/C16H10FN/c17-14-6-2-5-12-13(14)9-11-4-1-3-10-7-8-18-16(12)15(10)11/h1-8H,9H2. The average Bonchev–Trinajstić information content (AvgIpc) is 2.41. The molecular formula is C16H10FN. The highest BCUT2D eigenvalue weighted by Gasteiger charge is 2.21. The second-order valence-corrected chi connectivity index (χ2v) is 4.62. The smallest absolute Gasteiger partial charge is 0.127 e. The van der Waals surface area contributed by atoms with Gasteiger partial charge in [-0.15, -0.1) is 0 Å². The highest BCUT2D eigenvalue weighted by Crippen LogP contribution is 2.38. The fourth-order valence-corrected chi connectivity index (χ4v) is 2.81. The summed E-state index contributed by atoms with van der Waals surface area (Å²) in [5.74, 6) is -0.138. The summed E-state index contributed by atoms with van der Waals surface area (Å²) in [4.78, 5) is 4.45. The van der Waals surface area contributed by atoms with Crippen LogP contribution >= 0.6 is 0 Å². The summed E-state index contributed by atoms with van der Waals surface area (Å²) in [6.07, 6.45) is 2.44. The molecule has 1 heterocycles. The largest absolute Gasteiger partial charge is 0.256 e. The molecule has 1 aromatic heterocycles. The molecule has 0 spiro atoms. The Morgan fingerprint density at radius 3 is 2.83 bits per heavy atom. The van der Waals surface area contributed by atoms with Crippen molar-refractivity contribution in [2.24, 2.45) is 0 Å². The van der Waals surface area contributed by atoms with Gasteiger partial charge in [-0.2, -0.15) is 0 Å². The Morgan fingerprint density at radius 1 is 1.00 bits per heavy atom. The molecule has 1 aliphatic rings. The molecule has 0 saturated heterocycles. The molecule has 0 amide bonds. The fraction of sp³-hybridized carbons (Fsp3) is 0.0625. The third kappa shape index (κ3) is 1.17. The van der Waals surface area contributed by atoms with Crippen LogP contribution in [-0.2, 0) is 6.42 Å². The normalized spacial score (nSPS) is 12.5. The van der Waals surface area contributed by atoms with E-state index in [0.29, 0.717) is 6.42 Å². The van der Waals surface area contributed by atoms with Crippen LogP contribution in [0.15, 0.2) is 48.7 Å². The molecule has 0 radical (unpaired) electrons. The lowest BCUT2D eigenvalue weighted by atomic mass is 9.86. The van der Waals surface area contributed by atoms with E-state index in [2.05, 4.69) is 17.1 Å². The lowest BCUT2D eigenvalue weighted by Crippen LogP contribution is -2.04. The van der Waals surface area contributed by atoms with Gasteiger partial charge in [0.15, 0.2) is 0 Å². The van der Waals surface area contributed by atoms with Crippen LogP contribution in [0.25, 0.3) is 22.0 Å². The third-order valence-corrected chi connectivity index (χ3v) is 3.62. The number of fused-ring (bicyclic) bond motifs is 2. The Kier molecular flexibility index (Phi) is 1.84. The molecule has 0 N–H and O–H groups in total. The third-order valence-electron chi connectivity index (χ3n) is 3.62. The van der Waals surface area contributed by atoms with E-state index >= 15 is 0 Å². The van der Waals surface area contributed by atoms with Gasteiger partial charge in [0.05, 0.1) is 5.69 Å². The number of rotatable bonds is 0. The van der Waals surface area contributed by atoms with Crippen LogP contribution in [0.2, 0.25) is 0 Å². The van der Waals surface area contributed by atoms with E-state index in [-0.39, 0.29) is 5.82 Å². The minimum Gasteiger partial charge on any atom is -0.256 e. The SMILES string of the molecule is Fc1cccc2c1Cc1cccc3ccnc-2c13. The van der Waals surface area contributed by atoms with Gasteiger partial charge in [-0.3, -0.25) is 4.98 Å². The van der Waals surface area contributed by atoms with Crippen LogP contribution in [0.1, 0.15) is 11.1 Å². The van der Waals surface area contributed by atoms with Gasteiger partial charge in [0.2, 0.25) is 0 Å². The Morgan fingerprint density at radius 2 is 1.89 bits per heavy atom. The maximum atomic E-state index is 13.9. The maximum absolute atomic E-state index is 13.9. The molecule has 2 aromatic carbocycles. The Balaban J connectivity index is 2.21. The monoisotopic (exact) mass is 235 g/mol. The Bertz CT molecular complexity index is 772. The zero-order valence-electron chi connectivity index (χ0n) is 9.65. The quantitative estimate of drug-likeness (QED) is 0.450. The second kappa shape index (κ2) is 3.39. The van der Waals surface area contributed by atoms with Gasteiger partial charge in [0, 0.05) is 29.1 Å². The zero-order valence-corrected chi connectivity index (χ0v) is 9.65. The van der Waals surface area contributed by atoms with Crippen LogP contribution in [0.5, 0.6) is 0 Å². The lowest BCUT2D eigenvalue weighted by Gasteiger charge is -2.20. The summed E-state index contributed by atoms with van der Waals surface area (Å²) in [6, 6.07) is 13.4. The molecule has 2 heteroatoms. The molecule has 1 aliphatic carbocycles. The number of benzene rings is 2. The van der Waals surface area contributed by atoms with Crippen molar-refractivity contribution in [2.45, 2.75) is 6.42 Å². The fourth-order valence-electron chi connectivity index (χ4n) is 2.81. The van der Waals surface area contributed by atoms with Crippen molar-refractivity contribution in [1.82, 2.24) is 4.98 Å². The first-order chi connectivity index (χ1) is 8.84. The van der Waals surface area contributed by atoms with Crippen molar-refractivity contribution in [3.05, 3.63) is 65.6 Å². The van der Waals surface area contributed by atoms with Crippen molar-refractivity contribution in [3.8, 4) is 11.3 Å². The molecule has 0 saturated carbocycles. The molecular weight excluding hydrogens is 225 g/mol. The maximum Gasteiger partial charge on any atom is 0.127 e. The number of aromatic nitrogens is 1. The Labute approximate surface area is 104 Å². The number of nitrogens with zero attached hydrogens (tertiary/aromatic N) is 1. The molecule has 0 aliphatic heterocycles. The predicted octanol–water partition coefficient (Wildman–Crippen LogP) is 3.95. The molecule has 0 atom stereocenters. The van der Waals surface area contributed by atoms with Crippen molar-refractivity contribution in [2.75, 3.05) is 0 Å². The highest BCUT2D eigenvalue weighted by molar-refractivity contribution is 5.99. The number of halogens is 1. The van der Waals surface area contributed by atoms with Crippen molar-refractivity contribution in [1.29, 1.82) is 0 Å². The van der Waals surface area contributed by atoms with E-state index in [1.54, 1.807) is 12.3 Å². The predicted molar refractivity (Wildman–Crippen MR) is 69.9 cm³/mol. The van der Waals surface area contributed by atoms with Crippen molar-refractivity contribution < 1.29 is 4.39 Å². The lowest BCUT2D eigenvalue weighted by molar-refractivity contribution is 0.614. The molecule has 1 nitrogen and oxygen atoms in total. The van der Waals surface area contributed by atoms with Gasteiger partial charge in [-0.25, -0.2) is 4.39 Å². The van der Waals surface area contributed by atoms with Gasteiger partial charge in [-0.1, -0.05) is 30.3 Å². The summed E-state index contributed by atoms with van der Waals surface area (Å²) in [5, 5.41) is 2.34. The van der Waals surface area contributed by atoms with Gasteiger partial charge < -0.3 is 0 Å². The van der Waals surface area contributed by atoms with Crippen LogP contribution in [0.3, 0.4) is 0 Å². The van der Waals surface area contributed by atoms with E-state index in [1.165, 1.54) is 11.5 Å². The van der Waals surface area contributed by atoms with Crippen LogP contribution < -0.4 is 0 Å². The minimum absolute atomic E-state index is 0.138. The minimum atomic E-state index is -0.138. The van der Waals surface area contributed by atoms with Gasteiger partial charge in [0.1, 0.15) is 5.82 Å². The summed E-state index contributed by atoms with van der Waals surface area (Å²) in [5.41, 5.74) is 3.76. The first-order valence-electron chi connectivity index (χ1n) is 5.99. The van der Waals surface area contributed by atoms with Crippen LogP contribution in [0, 0.1) is 5.82 Å². The summed E-state index contributed by atoms with van der Waals surface area (Å²) in [6.45, 7) is 0. The number of hydrogen-bond acceptors (Lipinski definition) is 1. The second-order valence-electron chi connectivity index (χ2n) is 4.62. The number of hydrogen-bond donors (Lipinski definition) is 0. The molecule has 0 unspecified atom stereocenters. The van der Waals surface area contributed by atoms with Gasteiger partial charge in [-0.05, 0) is 23.1 Å². The summed E-state index contributed by atoms with van der Waals surface area (Å²) >= 11 is 0. The summed E-state index contributed by atoms with van der Waals surface area (Å²) < 4.78 is 13.9. The number of pyridine rings is 1. The van der Waals surface area contributed by atoms with Crippen LogP contribution in [0.4, 0.5) is 4.39 Å². The van der Waals surface area contributed by atoms with E-state index < -0.39 is 0 Å². The zero-order chi connectivity index (χ0) is 12.1. The molecule has 3 aromatic rings. The average molecular weight is 235 g/mol. The van der Waals surface area contributed by atoms with Gasteiger partial charge >= 0.3 is 0 Å². The first-order valence-corrected chi connectivity index (χ1v) is 5.99. The molecule has 0 bridgehead atoms. The van der Waals surface area contributed by atoms with E-state index in [1.807, 2.05) is 18.2 Å². The molecule has 18 heavy (non-hydrogen) atoms. The van der Waals surface area contributed by atoms with E-state index in [4.69, 9.17) is 0 Å². The topological polar surface area (TPSA) is 12.9 Å². The molecule has 0 fully saturated rings. The molecule has 86 valence electrons. The summed E-state index contributed by atoms with van der Waals surface area (Å²) in [7, 11) is 0. The Hall–Kier alpha value is -2.22. The first kappa shape index (κ1) is 9.77. The highest BCUT2D eigenvalue weighted by atomic mass is 19.1. The van der Waals surface area contributed by atoms with Crippen molar-refractivity contribution >= 4 is 10.8 Å².